The van der Waals surface area contributed by atoms with E-state index in [9.17, 15) is 4.79 Å². The zero-order valence-electron chi connectivity index (χ0n) is 11.9. The summed E-state index contributed by atoms with van der Waals surface area (Å²) in [4.78, 5) is 14.3. The highest BCUT2D eigenvalue weighted by molar-refractivity contribution is 7.99. The molecule has 2 aliphatic rings. The van der Waals surface area contributed by atoms with Crippen molar-refractivity contribution in [2.75, 3.05) is 24.6 Å². The fourth-order valence-electron chi connectivity index (χ4n) is 2.79. The SMILES string of the molecule is CC(NC1CSCCC1(C)C)C(=O)N1CCCC1. The molecule has 0 bridgehead atoms. The minimum absolute atomic E-state index is 0.0360. The molecule has 2 fully saturated rings. The van der Waals surface area contributed by atoms with E-state index >= 15 is 0 Å². The van der Waals surface area contributed by atoms with Gasteiger partial charge in [-0.05, 0) is 37.4 Å². The van der Waals surface area contributed by atoms with Gasteiger partial charge in [0.05, 0.1) is 6.04 Å². The van der Waals surface area contributed by atoms with Gasteiger partial charge >= 0.3 is 0 Å². The summed E-state index contributed by atoms with van der Waals surface area (Å²) in [6, 6.07) is 0.420. The van der Waals surface area contributed by atoms with Crippen molar-refractivity contribution in [2.45, 2.75) is 52.1 Å². The van der Waals surface area contributed by atoms with E-state index < -0.39 is 0 Å². The second-order valence-corrected chi connectivity index (χ2v) is 7.44. The first-order valence-electron chi connectivity index (χ1n) is 7.13. The van der Waals surface area contributed by atoms with Crippen molar-refractivity contribution < 1.29 is 4.79 Å². The summed E-state index contributed by atoms with van der Waals surface area (Å²) in [7, 11) is 0. The third kappa shape index (κ3) is 3.21. The van der Waals surface area contributed by atoms with Crippen LogP contribution in [-0.2, 0) is 4.79 Å². The van der Waals surface area contributed by atoms with Gasteiger partial charge in [-0.2, -0.15) is 11.8 Å². The van der Waals surface area contributed by atoms with Crippen LogP contribution in [0.5, 0.6) is 0 Å². The van der Waals surface area contributed by atoms with E-state index in [1.165, 1.54) is 25.0 Å². The summed E-state index contributed by atoms with van der Waals surface area (Å²) >= 11 is 2.00. The summed E-state index contributed by atoms with van der Waals surface area (Å²) in [5, 5.41) is 3.57. The smallest absolute Gasteiger partial charge is 0.239 e. The van der Waals surface area contributed by atoms with Crippen molar-refractivity contribution in [2.24, 2.45) is 5.41 Å². The molecule has 18 heavy (non-hydrogen) atoms. The average molecular weight is 270 g/mol. The number of thioether (sulfide) groups is 1. The van der Waals surface area contributed by atoms with Crippen molar-refractivity contribution in [3.8, 4) is 0 Å². The number of rotatable bonds is 3. The first-order valence-corrected chi connectivity index (χ1v) is 8.29. The van der Waals surface area contributed by atoms with Gasteiger partial charge in [0, 0.05) is 24.9 Å². The van der Waals surface area contributed by atoms with Crippen LogP contribution >= 0.6 is 11.8 Å². The standard InChI is InChI=1S/C14H26N2OS/c1-11(13(17)16-7-4-5-8-16)15-12-10-18-9-6-14(12,2)3/h11-12,15H,4-10H2,1-3H3. The predicted octanol–water partition coefficient (Wildman–Crippen LogP) is 2.12. The molecule has 0 saturated carbocycles. The van der Waals surface area contributed by atoms with E-state index in [0.717, 1.165) is 18.8 Å². The largest absolute Gasteiger partial charge is 0.341 e. The van der Waals surface area contributed by atoms with Gasteiger partial charge in [0.1, 0.15) is 0 Å². The van der Waals surface area contributed by atoms with Gasteiger partial charge in [-0.1, -0.05) is 13.8 Å². The topological polar surface area (TPSA) is 32.3 Å². The number of likely N-dealkylation sites (tertiary alicyclic amines) is 1. The number of hydrogen-bond acceptors (Lipinski definition) is 3. The molecule has 0 spiro atoms. The van der Waals surface area contributed by atoms with Crippen LogP contribution in [0.4, 0.5) is 0 Å². The summed E-state index contributed by atoms with van der Waals surface area (Å²) in [5.41, 5.74) is 0.310. The van der Waals surface area contributed by atoms with E-state index in [1.54, 1.807) is 0 Å². The molecule has 3 nitrogen and oxygen atoms in total. The van der Waals surface area contributed by atoms with Gasteiger partial charge in [-0.25, -0.2) is 0 Å². The number of amides is 1. The Balaban J connectivity index is 1.89. The average Bonchev–Trinajstić information content (AvgIpc) is 2.84. The molecule has 0 radical (unpaired) electrons. The van der Waals surface area contributed by atoms with E-state index in [2.05, 4.69) is 19.2 Å². The van der Waals surface area contributed by atoms with Crippen LogP contribution in [0, 0.1) is 5.41 Å². The van der Waals surface area contributed by atoms with Gasteiger partial charge < -0.3 is 10.2 Å². The van der Waals surface area contributed by atoms with Gasteiger partial charge in [0.15, 0.2) is 0 Å². The predicted molar refractivity (Wildman–Crippen MR) is 77.9 cm³/mol. The molecule has 0 aromatic rings. The van der Waals surface area contributed by atoms with Crippen molar-refractivity contribution in [3.63, 3.8) is 0 Å². The number of carbonyl (C=O) groups excluding carboxylic acids is 1. The van der Waals surface area contributed by atoms with Gasteiger partial charge in [0.25, 0.3) is 0 Å². The monoisotopic (exact) mass is 270 g/mol. The Kier molecular flexibility index (Phi) is 4.59. The second-order valence-electron chi connectivity index (χ2n) is 6.29. The molecule has 0 aromatic carbocycles. The van der Waals surface area contributed by atoms with Crippen LogP contribution in [0.2, 0.25) is 0 Å². The molecule has 2 heterocycles. The maximum Gasteiger partial charge on any atom is 0.239 e. The van der Waals surface area contributed by atoms with Crippen LogP contribution in [0.25, 0.3) is 0 Å². The molecule has 4 heteroatoms. The molecule has 1 N–H and O–H groups in total. The minimum atomic E-state index is -0.0360. The van der Waals surface area contributed by atoms with E-state index in [4.69, 9.17) is 0 Å². The lowest BCUT2D eigenvalue weighted by Gasteiger charge is -2.40. The Morgan fingerprint density at radius 1 is 1.39 bits per heavy atom. The van der Waals surface area contributed by atoms with Crippen LogP contribution in [0.15, 0.2) is 0 Å². The normalized spacial score (nSPS) is 29.3. The van der Waals surface area contributed by atoms with Crippen molar-refractivity contribution in [1.82, 2.24) is 10.2 Å². The molecule has 1 amide bonds. The van der Waals surface area contributed by atoms with E-state index in [1.807, 2.05) is 23.6 Å². The van der Waals surface area contributed by atoms with Crippen LogP contribution in [0.3, 0.4) is 0 Å². The number of hydrogen-bond donors (Lipinski definition) is 1. The fourth-order valence-corrected chi connectivity index (χ4v) is 4.41. The summed E-state index contributed by atoms with van der Waals surface area (Å²) in [6.07, 6.45) is 3.58. The highest BCUT2D eigenvalue weighted by Gasteiger charge is 2.35. The van der Waals surface area contributed by atoms with Crippen molar-refractivity contribution in [3.05, 3.63) is 0 Å². The highest BCUT2D eigenvalue weighted by Crippen LogP contribution is 2.34. The molecular formula is C14H26N2OS. The minimum Gasteiger partial charge on any atom is -0.341 e. The Hall–Kier alpha value is -0.220. The third-order valence-corrected chi connectivity index (χ3v) is 5.42. The number of carbonyl (C=O) groups is 1. The van der Waals surface area contributed by atoms with Crippen molar-refractivity contribution >= 4 is 17.7 Å². The summed E-state index contributed by atoms with van der Waals surface area (Å²) < 4.78 is 0. The molecular weight excluding hydrogens is 244 g/mol. The fraction of sp³-hybridized carbons (Fsp3) is 0.929. The quantitative estimate of drug-likeness (QED) is 0.852. The zero-order chi connectivity index (χ0) is 13.2. The van der Waals surface area contributed by atoms with Crippen LogP contribution in [-0.4, -0.2) is 47.5 Å². The summed E-state index contributed by atoms with van der Waals surface area (Å²) in [6.45, 7) is 8.56. The van der Waals surface area contributed by atoms with Crippen LogP contribution < -0.4 is 5.32 Å². The number of nitrogens with zero attached hydrogens (tertiary/aromatic N) is 1. The molecule has 2 unspecified atom stereocenters. The van der Waals surface area contributed by atoms with Crippen molar-refractivity contribution in [1.29, 1.82) is 0 Å². The first kappa shape index (κ1) is 14.2. The highest BCUT2D eigenvalue weighted by atomic mass is 32.2. The molecule has 104 valence electrons. The lowest BCUT2D eigenvalue weighted by molar-refractivity contribution is -0.132. The Morgan fingerprint density at radius 3 is 2.67 bits per heavy atom. The molecule has 0 aliphatic carbocycles. The maximum absolute atomic E-state index is 12.3. The molecule has 2 saturated heterocycles. The number of nitrogens with one attached hydrogen (secondary N) is 1. The lowest BCUT2D eigenvalue weighted by atomic mass is 9.82. The Labute approximate surface area is 115 Å². The molecule has 2 atom stereocenters. The van der Waals surface area contributed by atoms with E-state index in [-0.39, 0.29) is 6.04 Å². The summed E-state index contributed by atoms with van der Waals surface area (Å²) in [5.74, 6) is 2.67. The molecule has 2 aliphatic heterocycles. The first-order chi connectivity index (χ1) is 8.50. The van der Waals surface area contributed by atoms with Crippen LogP contribution in [0.1, 0.15) is 40.0 Å². The van der Waals surface area contributed by atoms with Gasteiger partial charge in [-0.15, -0.1) is 0 Å². The lowest BCUT2D eigenvalue weighted by Crippen LogP contribution is -2.54. The van der Waals surface area contributed by atoms with Gasteiger partial charge in [0.2, 0.25) is 5.91 Å². The Morgan fingerprint density at radius 2 is 2.06 bits per heavy atom. The second kappa shape index (κ2) is 5.83. The third-order valence-electron chi connectivity index (χ3n) is 4.36. The van der Waals surface area contributed by atoms with Gasteiger partial charge in [-0.3, -0.25) is 4.79 Å². The Bertz CT molecular complexity index is 300. The molecule has 2 rings (SSSR count). The zero-order valence-corrected chi connectivity index (χ0v) is 12.7. The maximum atomic E-state index is 12.3. The molecule has 0 aromatic heterocycles. The van der Waals surface area contributed by atoms with E-state index in [0.29, 0.717) is 17.4 Å².